The summed E-state index contributed by atoms with van der Waals surface area (Å²) in [4.78, 5) is 22.9. The molecule has 0 heterocycles. The molecular weight excluding hydrogens is 224 g/mol. The van der Waals surface area contributed by atoms with Gasteiger partial charge in [0.1, 0.15) is 11.5 Å². The van der Waals surface area contributed by atoms with Crippen LogP contribution in [0.5, 0.6) is 11.5 Å². The van der Waals surface area contributed by atoms with Gasteiger partial charge in [-0.15, -0.1) is 0 Å². The van der Waals surface area contributed by atoms with Crippen molar-refractivity contribution in [2.24, 2.45) is 0 Å². The van der Waals surface area contributed by atoms with Gasteiger partial charge >= 0.3 is 5.97 Å². The maximum absolute atomic E-state index is 11.6. The third-order valence-corrected chi connectivity index (χ3v) is 2.22. The predicted octanol–water partition coefficient (Wildman–Crippen LogP) is 1.46. The Bertz CT molecular complexity index is 450. The number of esters is 1. The van der Waals surface area contributed by atoms with E-state index in [2.05, 4.69) is 4.74 Å². The van der Waals surface area contributed by atoms with Crippen molar-refractivity contribution in [2.75, 3.05) is 13.7 Å². The van der Waals surface area contributed by atoms with E-state index in [-0.39, 0.29) is 17.9 Å². The molecule has 0 atom stereocenters. The summed E-state index contributed by atoms with van der Waals surface area (Å²) in [7, 11) is 1.44. The lowest BCUT2D eigenvalue weighted by Crippen LogP contribution is -2.17. The van der Waals surface area contributed by atoms with Crippen LogP contribution in [0.1, 0.15) is 22.8 Å². The summed E-state index contributed by atoms with van der Waals surface area (Å²) in [6, 6.07) is 2.69. The first-order chi connectivity index (χ1) is 8.01. The van der Waals surface area contributed by atoms with Gasteiger partial charge in [0, 0.05) is 0 Å². The van der Waals surface area contributed by atoms with E-state index >= 15 is 0 Å². The molecule has 0 aliphatic rings. The highest BCUT2D eigenvalue weighted by molar-refractivity contribution is 6.41. The Kier molecular flexibility index (Phi) is 4.09. The lowest BCUT2D eigenvalue weighted by Gasteiger charge is -2.09. The second-order valence-corrected chi connectivity index (χ2v) is 3.39. The number of phenolic OH excluding ortho intramolecular Hbond substituents is 1. The molecule has 0 saturated heterocycles. The fourth-order valence-corrected chi connectivity index (χ4v) is 1.38. The van der Waals surface area contributed by atoms with Crippen LogP contribution in [0, 0.1) is 6.92 Å². The van der Waals surface area contributed by atoms with E-state index in [0.717, 1.165) is 0 Å². The minimum absolute atomic E-state index is 0.105. The monoisotopic (exact) mass is 238 g/mol. The molecule has 1 aromatic rings. The van der Waals surface area contributed by atoms with Crippen LogP contribution < -0.4 is 4.74 Å². The molecular formula is C12H14O5. The summed E-state index contributed by atoms with van der Waals surface area (Å²) >= 11 is 0. The van der Waals surface area contributed by atoms with Gasteiger partial charge in [-0.3, -0.25) is 4.79 Å². The topological polar surface area (TPSA) is 72.8 Å². The van der Waals surface area contributed by atoms with Gasteiger partial charge in [0.2, 0.25) is 0 Å². The number of Topliss-reactive ketones (excluding diaryl/α,β-unsaturated/α-hetero) is 1. The normalized spacial score (nSPS) is 9.82. The lowest BCUT2D eigenvalue weighted by molar-refractivity contribution is -0.137. The first-order valence-corrected chi connectivity index (χ1v) is 5.10. The van der Waals surface area contributed by atoms with E-state index in [1.165, 1.54) is 19.2 Å². The molecule has 17 heavy (non-hydrogen) atoms. The van der Waals surface area contributed by atoms with Gasteiger partial charge in [0.25, 0.3) is 5.78 Å². The number of carbonyl (C=O) groups is 2. The van der Waals surface area contributed by atoms with Crippen molar-refractivity contribution in [1.29, 1.82) is 0 Å². The first-order valence-electron chi connectivity index (χ1n) is 5.10. The van der Waals surface area contributed by atoms with Crippen molar-refractivity contribution in [3.05, 3.63) is 23.3 Å². The number of ether oxygens (including phenoxy) is 2. The molecule has 1 rings (SSSR count). The lowest BCUT2D eigenvalue weighted by atomic mass is 10.1. The van der Waals surface area contributed by atoms with E-state index < -0.39 is 11.8 Å². The predicted molar refractivity (Wildman–Crippen MR) is 60.4 cm³/mol. The molecule has 1 aromatic carbocycles. The number of aromatic hydroxyl groups is 1. The van der Waals surface area contributed by atoms with Gasteiger partial charge in [-0.1, -0.05) is 0 Å². The summed E-state index contributed by atoms with van der Waals surface area (Å²) in [6.45, 7) is 3.42. The minimum atomic E-state index is -0.992. The van der Waals surface area contributed by atoms with E-state index in [4.69, 9.17) is 4.74 Å². The molecule has 0 unspecified atom stereocenters. The third kappa shape index (κ3) is 2.75. The van der Waals surface area contributed by atoms with Crippen molar-refractivity contribution in [3.63, 3.8) is 0 Å². The molecule has 5 heteroatoms. The second kappa shape index (κ2) is 5.34. The fourth-order valence-electron chi connectivity index (χ4n) is 1.38. The summed E-state index contributed by atoms with van der Waals surface area (Å²) in [6.07, 6.45) is 0. The molecule has 0 bridgehead atoms. The molecule has 1 N–H and O–H groups in total. The molecule has 0 spiro atoms. The minimum Gasteiger partial charge on any atom is -0.507 e. The molecule has 0 aromatic heterocycles. The second-order valence-electron chi connectivity index (χ2n) is 3.39. The quantitative estimate of drug-likeness (QED) is 0.488. The maximum atomic E-state index is 11.6. The summed E-state index contributed by atoms with van der Waals surface area (Å²) in [5, 5.41) is 9.61. The van der Waals surface area contributed by atoms with Crippen molar-refractivity contribution < 1.29 is 24.2 Å². The summed E-state index contributed by atoms with van der Waals surface area (Å²) in [5.74, 6) is -1.71. The molecule has 0 aliphatic heterocycles. The Balaban J connectivity index is 3.13. The molecule has 92 valence electrons. The highest BCUT2D eigenvalue weighted by atomic mass is 16.5. The Labute approximate surface area is 99.0 Å². The van der Waals surface area contributed by atoms with Crippen molar-refractivity contribution >= 4 is 11.8 Å². The van der Waals surface area contributed by atoms with Crippen LogP contribution in [-0.2, 0) is 9.53 Å². The van der Waals surface area contributed by atoms with E-state index in [1.807, 2.05) is 0 Å². The SMILES string of the molecule is CCOC(=O)C(=O)c1cc(OC)c(C)cc1O. The van der Waals surface area contributed by atoms with Gasteiger partial charge in [-0.25, -0.2) is 4.79 Å². The van der Waals surface area contributed by atoms with Gasteiger partial charge in [0.05, 0.1) is 19.3 Å². The number of hydrogen-bond donors (Lipinski definition) is 1. The number of phenols is 1. The number of benzene rings is 1. The molecule has 0 saturated carbocycles. The Morgan fingerprint density at radius 2 is 2.00 bits per heavy atom. The smallest absolute Gasteiger partial charge is 0.379 e. The number of aryl methyl sites for hydroxylation is 1. The van der Waals surface area contributed by atoms with Crippen LogP contribution in [-0.4, -0.2) is 30.6 Å². The summed E-state index contributed by atoms with van der Waals surface area (Å²) in [5.41, 5.74) is 0.552. The van der Waals surface area contributed by atoms with Crippen molar-refractivity contribution in [1.82, 2.24) is 0 Å². The summed E-state index contributed by atoms with van der Waals surface area (Å²) < 4.78 is 9.59. The van der Waals surface area contributed by atoms with Crippen LogP contribution in [0.25, 0.3) is 0 Å². The molecule has 0 radical (unpaired) electrons. The number of ketones is 1. The zero-order chi connectivity index (χ0) is 13.0. The number of hydrogen-bond acceptors (Lipinski definition) is 5. The van der Waals surface area contributed by atoms with Gasteiger partial charge in [0.15, 0.2) is 0 Å². The Morgan fingerprint density at radius 1 is 1.35 bits per heavy atom. The third-order valence-electron chi connectivity index (χ3n) is 2.22. The van der Waals surface area contributed by atoms with Crippen LogP contribution in [0.15, 0.2) is 12.1 Å². The van der Waals surface area contributed by atoms with Gasteiger partial charge in [-0.05, 0) is 31.5 Å². The molecule has 0 aliphatic carbocycles. The number of methoxy groups -OCH3 is 1. The van der Waals surface area contributed by atoms with Gasteiger partial charge < -0.3 is 14.6 Å². The Morgan fingerprint density at radius 3 is 2.53 bits per heavy atom. The average Bonchev–Trinajstić information content (AvgIpc) is 2.29. The highest BCUT2D eigenvalue weighted by Crippen LogP contribution is 2.27. The van der Waals surface area contributed by atoms with Crippen LogP contribution in [0.2, 0.25) is 0 Å². The standard InChI is InChI=1S/C12H14O5/c1-4-17-12(15)11(14)8-6-10(16-3)7(2)5-9(8)13/h5-6,13H,4H2,1-3H3. The van der Waals surface area contributed by atoms with Crippen molar-refractivity contribution in [3.8, 4) is 11.5 Å². The van der Waals surface area contributed by atoms with E-state index in [1.54, 1.807) is 13.8 Å². The number of carbonyl (C=O) groups excluding carboxylic acids is 2. The largest absolute Gasteiger partial charge is 0.507 e. The number of rotatable bonds is 4. The average molecular weight is 238 g/mol. The van der Waals surface area contributed by atoms with Crippen LogP contribution >= 0.6 is 0 Å². The zero-order valence-corrected chi connectivity index (χ0v) is 9.94. The van der Waals surface area contributed by atoms with Crippen molar-refractivity contribution in [2.45, 2.75) is 13.8 Å². The first kappa shape index (κ1) is 13.0. The zero-order valence-electron chi connectivity index (χ0n) is 9.94. The fraction of sp³-hybridized carbons (Fsp3) is 0.333. The molecule has 0 amide bonds. The van der Waals surface area contributed by atoms with Crippen LogP contribution in [0.4, 0.5) is 0 Å². The molecule has 5 nitrogen and oxygen atoms in total. The Hall–Kier alpha value is -2.04. The maximum Gasteiger partial charge on any atom is 0.379 e. The van der Waals surface area contributed by atoms with E-state index in [0.29, 0.717) is 11.3 Å². The van der Waals surface area contributed by atoms with E-state index in [9.17, 15) is 14.7 Å². The molecule has 0 fully saturated rings. The highest BCUT2D eigenvalue weighted by Gasteiger charge is 2.22. The van der Waals surface area contributed by atoms with Crippen LogP contribution in [0.3, 0.4) is 0 Å². The van der Waals surface area contributed by atoms with Gasteiger partial charge in [-0.2, -0.15) is 0 Å².